The minimum atomic E-state index is 0.564. The third-order valence-corrected chi connectivity index (χ3v) is 3.36. The van der Waals surface area contributed by atoms with Crippen LogP contribution in [0.2, 0.25) is 0 Å². The average molecular weight is 226 g/mol. The van der Waals surface area contributed by atoms with Crippen molar-refractivity contribution in [1.29, 1.82) is 0 Å². The molecule has 1 atom stereocenters. The van der Waals surface area contributed by atoms with Crippen molar-refractivity contribution in [3.8, 4) is 0 Å². The molecule has 1 unspecified atom stereocenters. The van der Waals surface area contributed by atoms with Crippen LogP contribution in [0.3, 0.4) is 0 Å². The number of hydrogen-bond donors (Lipinski definition) is 1. The molecular weight excluding hydrogens is 200 g/mol. The molecule has 0 spiro atoms. The summed E-state index contributed by atoms with van der Waals surface area (Å²) in [5, 5.41) is 0. The standard InChI is InChI=1S/C12H26N4/c1-5-16(6-2)12(13)14-9-11(15(3)4)10-7-8-10/h10-11H,5-9H2,1-4H3,(H2,13,14). The second kappa shape index (κ2) is 6.09. The summed E-state index contributed by atoms with van der Waals surface area (Å²) >= 11 is 0. The smallest absolute Gasteiger partial charge is 0.191 e. The lowest BCUT2D eigenvalue weighted by molar-refractivity contribution is 0.270. The fraction of sp³-hybridized carbons (Fsp3) is 0.917. The molecule has 4 heteroatoms. The van der Waals surface area contributed by atoms with Crippen molar-refractivity contribution < 1.29 is 0 Å². The molecule has 1 fully saturated rings. The number of guanidine groups is 1. The molecule has 0 aliphatic heterocycles. The predicted molar refractivity (Wildman–Crippen MR) is 69.6 cm³/mol. The van der Waals surface area contributed by atoms with Gasteiger partial charge >= 0.3 is 0 Å². The summed E-state index contributed by atoms with van der Waals surface area (Å²) in [6.07, 6.45) is 2.70. The van der Waals surface area contributed by atoms with Crippen LogP contribution in [-0.2, 0) is 0 Å². The van der Waals surface area contributed by atoms with Crippen molar-refractivity contribution in [2.24, 2.45) is 16.6 Å². The molecule has 16 heavy (non-hydrogen) atoms. The molecule has 1 aliphatic carbocycles. The third-order valence-electron chi connectivity index (χ3n) is 3.36. The van der Waals surface area contributed by atoms with Crippen LogP contribution < -0.4 is 5.73 Å². The Morgan fingerprint density at radius 2 is 1.88 bits per heavy atom. The fourth-order valence-electron chi connectivity index (χ4n) is 2.05. The molecule has 0 radical (unpaired) electrons. The van der Waals surface area contributed by atoms with Crippen LogP contribution in [0.1, 0.15) is 26.7 Å². The van der Waals surface area contributed by atoms with Gasteiger partial charge in [-0.15, -0.1) is 0 Å². The molecule has 0 aromatic heterocycles. The van der Waals surface area contributed by atoms with E-state index in [1.807, 2.05) is 0 Å². The Labute approximate surface area is 99.5 Å². The van der Waals surface area contributed by atoms with Gasteiger partial charge in [-0.1, -0.05) is 0 Å². The molecule has 1 aliphatic rings. The van der Waals surface area contributed by atoms with Crippen LogP contribution >= 0.6 is 0 Å². The van der Waals surface area contributed by atoms with Crippen LogP contribution in [0.15, 0.2) is 4.99 Å². The first-order valence-corrected chi connectivity index (χ1v) is 6.31. The van der Waals surface area contributed by atoms with E-state index in [-0.39, 0.29) is 0 Å². The molecule has 94 valence electrons. The Balaban J connectivity index is 2.48. The van der Waals surface area contributed by atoms with Gasteiger partial charge in [-0.05, 0) is 46.7 Å². The van der Waals surface area contributed by atoms with Crippen molar-refractivity contribution in [2.45, 2.75) is 32.7 Å². The van der Waals surface area contributed by atoms with Crippen molar-refractivity contribution in [2.75, 3.05) is 33.7 Å². The normalized spacial score (nSPS) is 18.9. The van der Waals surface area contributed by atoms with Gasteiger partial charge in [0, 0.05) is 19.1 Å². The molecule has 1 rings (SSSR count). The first kappa shape index (κ1) is 13.3. The molecule has 0 aromatic rings. The molecular formula is C12H26N4. The lowest BCUT2D eigenvalue weighted by Gasteiger charge is -2.24. The highest BCUT2D eigenvalue weighted by Gasteiger charge is 2.32. The van der Waals surface area contributed by atoms with E-state index >= 15 is 0 Å². The van der Waals surface area contributed by atoms with E-state index < -0.39 is 0 Å². The van der Waals surface area contributed by atoms with Gasteiger partial charge in [-0.2, -0.15) is 0 Å². The summed E-state index contributed by atoms with van der Waals surface area (Å²) in [6, 6.07) is 0.564. The van der Waals surface area contributed by atoms with E-state index in [1.54, 1.807) is 0 Å². The maximum Gasteiger partial charge on any atom is 0.191 e. The summed E-state index contributed by atoms with van der Waals surface area (Å²) in [5.41, 5.74) is 5.97. The van der Waals surface area contributed by atoms with Gasteiger partial charge in [0.2, 0.25) is 0 Å². The number of aliphatic imine (C=N–C) groups is 1. The largest absolute Gasteiger partial charge is 0.370 e. The molecule has 0 saturated heterocycles. The number of hydrogen-bond acceptors (Lipinski definition) is 2. The van der Waals surface area contributed by atoms with Gasteiger partial charge in [0.25, 0.3) is 0 Å². The summed E-state index contributed by atoms with van der Waals surface area (Å²) in [4.78, 5) is 8.90. The van der Waals surface area contributed by atoms with Crippen molar-refractivity contribution >= 4 is 5.96 Å². The molecule has 0 bridgehead atoms. The zero-order valence-corrected chi connectivity index (χ0v) is 11.1. The minimum Gasteiger partial charge on any atom is -0.370 e. The highest BCUT2D eigenvalue weighted by atomic mass is 15.2. The van der Waals surface area contributed by atoms with Crippen LogP contribution in [0, 0.1) is 5.92 Å². The third kappa shape index (κ3) is 3.67. The summed E-state index contributed by atoms with van der Waals surface area (Å²) < 4.78 is 0. The molecule has 0 amide bonds. The first-order chi connectivity index (χ1) is 7.60. The van der Waals surface area contributed by atoms with Crippen LogP contribution in [0.4, 0.5) is 0 Å². The van der Waals surface area contributed by atoms with Gasteiger partial charge in [0.1, 0.15) is 0 Å². The Kier molecular flexibility index (Phi) is 5.06. The van der Waals surface area contributed by atoms with Gasteiger partial charge in [0.05, 0.1) is 6.54 Å². The van der Waals surface area contributed by atoms with E-state index in [2.05, 4.69) is 42.7 Å². The van der Waals surface area contributed by atoms with Crippen LogP contribution in [-0.4, -0.2) is 55.5 Å². The molecule has 2 N–H and O–H groups in total. The predicted octanol–water partition coefficient (Wildman–Crippen LogP) is 0.983. The molecule has 0 heterocycles. The van der Waals surface area contributed by atoms with Crippen molar-refractivity contribution in [3.05, 3.63) is 0 Å². The monoisotopic (exact) mass is 226 g/mol. The van der Waals surface area contributed by atoms with E-state index in [9.17, 15) is 0 Å². The summed E-state index contributed by atoms with van der Waals surface area (Å²) in [7, 11) is 4.26. The van der Waals surface area contributed by atoms with Crippen LogP contribution in [0.25, 0.3) is 0 Å². The van der Waals surface area contributed by atoms with E-state index in [4.69, 9.17) is 5.73 Å². The number of nitrogens with two attached hydrogens (primary N) is 1. The minimum absolute atomic E-state index is 0.564. The van der Waals surface area contributed by atoms with Crippen molar-refractivity contribution in [3.63, 3.8) is 0 Å². The zero-order valence-electron chi connectivity index (χ0n) is 11.1. The topological polar surface area (TPSA) is 44.9 Å². The number of nitrogens with zero attached hydrogens (tertiary/aromatic N) is 3. The Morgan fingerprint density at radius 1 is 1.31 bits per heavy atom. The van der Waals surface area contributed by atoms with Gasteiger partial charge < -0.3 is 15.5 Å². The van der Waals surface area contributed by atoms with E-state index in [0.29, 0.717) is 12.0 Å². The summed E-state index contributed by atoms with van der Waals surface area (Å²) in [5.74, 6) is 1.53. The Hall–Kier alpha value is -0.770. The quantitative estimate of drug-likeness (QED) is 0.542. The van der Waals surface area contributed by atoms with Crippen molar-refractivity contribution in [1.82, 2.24) is 9.80 Å². The van der Waals surface area contributed by atoms with E-state index in [1.165, 1.54) is 12.8 Å². The maximum absolute atomic E-state index is 5.97. The molecule has 0 aromatic carbocycles. The average Bonchev–Trinajstić information content (AvgIpc) is 3.03. The summed E-state index contributed by atoms with van der Waals surface area (Å²) in [6.45, 7) is 6.91. The van der Waals surface area contributed by atoms with Gasteiger partial charge in [0.15, 0.2) is 5.96 Å². The van der Waals surface area contributed by atoms with Gasteiger partial charge in [-0.3, -0.25) is 4.99 Å². The SMILES string of the molecule is CCN(CC)C(N)=NCC(C1CC1)N(C)C. The van der Waals surface area contributed by atoms with E-state index in [0.717, 1.165) is 25.6 Å². The lowest BCUT2D eigenvalue weighted by Crippen LogP contribution is -2.39. The Morgan fingerprint density at radius 3 is 2.25 bits per heavy atom. The number of likely N-dealkylation sites (N-methyl/N-ethyl adjacent to an activating group) is 1. The lowest BCUT2D eigenvalue weighted by atomic mass is 10.2. The Bertz CT molecular complexity index is 227. The maximum atomic E-state index is 5.97. The van der Waals surface area contributed by atoms with Gasteiger partial charge in [-0.25, -0.2) is 0 Å². The number of rotatable bonds is 6. The zero-order chi connectivity index (χ0) is 12.1. The van der Waals surface area contributed by atoms with Crippen LogP contribution in [0.5, 0.6) is 0 Å². The highest BCUT2D eigenvalue weighted by Crippen LogP contribution is 2.34. The first-order valence-electron chi connectivity index (χ1n) is 6.31. The highest BCUT2D eigenvalue weighted by molar-refractivity contribution is 5.78. The second-order valence-corrected chi connectivity index (χ2v) is 4.74. The molecule has 4 nitrogen and oxygen atoms in total. The molecule has 1 saturated carbocycles. The second-order valence-electron chi connectivity index (χ2n) is 4.74. The fourth-order valence-corrected chi connectivity index (χ4v) is 2.05.